The smallest absolute Gasteiger partial charge is 0.221 e. The molecular formula is C12H18N2OS. The van der Waals surface area contributed by atoms with E-state index in [9.17, 15) is 4.79 Å². The SMILES string of the molecule is CNC(=O)CCNC(c1cccs1)C1CC1. The van der Waals surface area contributed by atoms with Crippen LogP contribution in [0.15, 0.2) is 17.5 Å². The third-order valence-corrected chi connectivity index (χ3v) is 3.89. The lowest BCUT2D eigenvalue weighted by atomic mass is 10.1. The minimum Gasteiger partial charge on any atom is -0.359 e. The highest BCUT2D eigenvalue weighted by atomic mass is 32.1. The largest absolute Gasteiger partial charge is 0.359 e. The summed E-state index contributed by atoms with van der Waals surface area (Å²) in [6, 6.07) is 4.74. The first-order valence-electron chi connectivity index (χ1n) is 5.78. The van der Waals surface area contributed by atoms with Crippen molar-refractivity contribution >= 4 is 17.2 Å². The Morgan fingerprint density at radius 2 is 2.44 bits per heavy atom. The fourth-order valence-corrected chi connectivity index (χ4v) is 2.76. The van der Waals surface area contributed by atoms with Crippen molar-refractivity contribution in [2.75, 3.05) is 13.6 Å². The van der Waals surface area contributed by atoms with Crippen molar-refractivity contribution in [3.05, 3.63) is 22.4 Å². The minimum absolute atomic E-state index is 0.105. The fourth-order valence-electron chi connectivity index (χ4n) is 1.86. The van der Waals surface area contributed by atoms with Crippen LogP contribution in [-0.4, -0.2) is 19.5 Å². The van der Waals surface area contributed by atoms with Gasteiger partial charge in [0.15, 0.2) is 0 Å². The molecule has 16 heavy (non-hydrogen) atoms. The van der Waals surface area contributed by atoms with E-state index in [1.807, 2.05) is 0 Å². The van der Waals surface area contributed by atoms with Gasteiger partial charge in [-0.2, -0.15) is 0 Å². The Balaban J connectivity index is 1.82. The lowest BCUT2D eigenvalue weighted by Gasteiger charge is -2.16. The monoisotopic (exact) mass is 238 g/mol. The third kappa shape index (κ3) is 3.06. The number of carbonyl (C=O) groups excluding carboxylic acids is 1. The molecule has 1 fully saturated rings. The highest BCUT2D eigenvalue weighted by Gasteiger charge is 2.32. The van der Waals surface area contributed by atoms with E-state index >= 15 is 0 Å². The molecule has 1 aliphatic rings. The number of rotatable bonds is 6. The van der Waals surface area contributed by atoms with Gasteiger partial charge >= 0.3 is 0 Å². The molecule has 1 atom stereocenters. The molecule has 0 spiro atoms. The van der Waals surface area contributed by atoms with Crippen LogP contribution in [-0.2, 0) is 4.79 Å². The van der Waals surface area contributed by atoms with E-state index in [1.165, 1.54) is 17.7 Å². The van der Waals surface area contributed by atoms with Gasteiger partial charge in [0.25, 0.3) is 0 Å². The number of thiophene rings is 1. The van der Waals surface area contributed by atoms with E-state index in [0.717, 1.165) is 12.5 Å². The first kappa shape index (κ1) is 11.6. The van der Waals surface area contributed by atoms with E-state index < -0.39 is 0 Å². The summed E-state index contributed by atoms with van der Waals surface area (Å²) >= 11 is 1.80. The summed E-state index contributed by atoms with van der Waals surface area (Å²) in [5.41, 5.74) is 0. The molecule has 1 unspecified atom stereocenters. The Labute approximate surface area is 100 Å². The molecule has 88 valence electrons. The van der Waals surface area contributed by atoms with Crippen LogP contribution in [0.3, 0.4) is 0 Å². The zero-order valence-corrected chi connectivity index (χ0v) is 10.3. The molecule has 1 aliphatic carbocycles. The normalized spacial score (nSPS) is 17.1. The van der Waals surface area contributed by atoms with E-state index in [1.54, 1.807) is 18.4 Å². The number of hydrogen-bond acceptors (Lipinski definition) is 3. The predicted octanol–water partition coefficient (Wildman–Crippen LogP) is 1.92. The van der Waals surface area contributed by atoms with Crippen molar-refractivity contribution in [1.29, 1.82) is 0 Å². The lowest BCUT2D eigenvalue weighted by Crippen LogP contribution is -2.28. The highest BCUT2D eigenvalue weighted by molar-refractivity contribution is 7.10. The van der Waals surface area contributed by atoms with Gasteiger partial charge in [0.1, 0.15) is 0 Å². The molecule has 0 bridgehead atoms. The standard InChI is InChI=1S/C12H18N2OS/c1-13-11(15)6-7-14-12(9-4-5-9)10-3-2-8-16-10/h2-3,8-9,12,14H,4-7H2,1H3,(H,13,15). The maximum Gasteiger partial charge on any atom is 0.221 e. The molecule has 0 saturated heterocycles. The maximum absolute atomic E-state index is 11.1. The second-order valence-corrected chi connectivity index (χ2v) is 5.19. The molecule has 0 aromatic carbocycles. The summed E-state index contributed by atoms with van der Waals surface area (Å²) in [5.74, 6) is 0.886. The number of carbonyl (C=O) groups is 1. The Morgan fingerprint density at radius 3 is 3.00 bits per heavy atom. The van der Waals surface area contributed by atoms with Crippen LogP contribution in [0, 0.1) is 5.92 Å². The van der Waals surface area contributed by atoms with Gasteiger partial charge in [-0.1, -0.05) is 6.07 Å². The van der Waals surface area contributed by atoms with Crippen LogP contribution in [0.2, 0.25) is 0 Å². The molecule has 1 saturated carbocycles. The molecular weight excluding hydrogens is 220 g/mol. The molecule has 3 nitrogen and oxygen atoms in total. The zero-order valence-electron chi connectivity index (χ0n) is 9.53. The quantitative estimate of drug-likeness (QED) is 0.795. The Morgan fingerprint density at radius 1 is 1.62 bits per heavy atom. The Hall–Kier alpha value is -0.870. The average Bonchev–Trinajstić information content (AvgIpc) is 2.99. The number of nitrogens with one attached hydrogen (secondary N) is 2. The minimum atomic E-state index is 0.105. The summed E-state index contributed by atoms with van der Waals surface area (Å²) in [6.45, 7) is 0.763. The first-order chi connectivity index (χ1) is 7.81. The van der Waals surface area contributed by atoms with Crippen molar-refractivity contribution in [3.8, 4) is 0 Å². The second kappa shape index (κ2) is 5.46. The number of amides is 1. The van der Waals surface area contributed by atoms with Crippen molar-refractivity contribution < 1.29 is 4.79 Å². The molecule has 0 aliphatic heterocycles. The van der Waals surface area contributed by atoms with Crippen molar-refractivity contribution in [1.82, 2.24) is 10.6 Å². The molecule has 2 N–H and O–H groups in total. The Bertz CT molecular complexity index is 333. The molecule has 1 aromatic rings. The first-order valence-corrected chi connectivity index (χ1v) is 6.66. The van der Waals surface area contributed by atoms with Crippen molar-refractivity contribution in [2.45, 2.75) is 25.3 Å². The van der Waals surface area contributed by atoms with E-state index in [2.05, 4.69) is 28.1 Å². The summed E-state index contributed by atoms with van der Waals surface area (Å²) in [5, 5.41) is 8.26. The van der Waals surface area contributed by atoms with Crippen molar-refractivity contribution in [3.63, 3.8) is 0 Å². The molecule has 1 heterocycles. The van der Waals surface area contributed by atoms with Gasteiger partial charge in [-0.05, 0) is 30.2 Å². The molecule has 1 amide bonds. The topological polar surface area (TPSA) is 41.1 Å². The average molecular weight is 238 g/mol. The van der Waals surface area contributed by atoms with Crippen LogP contribution >= 0.6 is 11.3 Å². The third-order valence-electron chi connectivity index (χ3n) is 2.94. The molecule has 1 aromatic heterocycles. The van der Waals surface area contributed by atoms with Crippen LogP contribution < -0.4 is 10.6 Å². The summed E-state index contributed by atoms with van der Waals surface area (Å²) < 4.78 is 0. The number of hydrogen-bond donors (Lipinski definition) is 2. The maximum atomic E-state index is 11.1. The van der Waals surface area contributed by atoms with Gasteiger partial charge in [-0.3, -0.25) is 4.79 Å². The second-order valence-electron chi connectivity index (χ2n) is 4.21. The van der Waals surface area contributed by atoms with Gasteiger partial charge in [0.2, 0.25) is 5.91 Å². The van der Waals surface area contributed by atoms with E-state index in [0.29, 0.717) is 12.5 Å². The van der Waals surface area contributed by atoms with Crippen LogP contribution in [0.1, 0.15) is 30.2 Å². The zero-order chi connectivity index (χ0) is 11.4. The summed E-state index contributed by atoms with van der Waals surface area (Å²) in [4.78, 5) is 12.5. The fraction of sp³-hybridized carbons (Fsp3) is 0.583. The van der Waals surface area contributed by atoms with Gasteiger partial charge in [0.05, 0.1) is 0 Å². The molecule has 0 radical (unpaired) electrons. The van der Waals surface area contributed by atoms with Crippen LogP contribution in [0.25, 0.3) is 0 Å². The Kier molecular flexibility index (Phi) is 3.96. The van der Waals surface area contributed by atoms with Crippen molar-refractivity contribution in [2.24, 2.45) is 5.92 Å². The van der Waals surface area contributed by atoms with E-state index in [4.69, 9.17) is 0 Å². The molecule has 2 rings (SSSR count). The summed E-state index contributed by atoms with van der Waals surface area (Å²) in [6.07, 6.45) is 3.19. The highest BCUT2D eigenvalue weighted by Crippen LogP contribution is 2.42. The predicted molar refractivity (Wildman–Crippen MR) is 66.5 cm³/mol. The van der Waals surface area contributed by atoms with Gasteiger partial charge in [-0.25, -0.2) is 0 Å². The van der Waals surface area contributed by atoms with Gasteiger partial charge < -0.3 is 10.6 Å². The summed E-state index contributed by atoms with van der Waals surface area (Å²) in [7, 11) is 1.68. The van der Waals surface area contributed by atoms with Crippen LogP contribution in [0.4, 0.5) is 0 Å². The van der Waals surface area contributed by atoms with E-state index in [-0.39, 0.29) is 5.91 Å². The lowest BCUT2D eigenvalue weighted by molar-refractivity contribution is -0.120. The van der Waals surface area contributed by atoms with Gasteiger partial charge in [-0.15, -0.1) is 11.3 Å². The molecule has 4 heteroatoms. The van der Waals surface area contributed by atoms with Crippen LogP contribution in [0.5, 0.6) is 0 Å². The van der Waals surface area contributed by atoms with Gasteiger partial charge in [0, 0.05) is 30.9 Å².